The molecule has 1 fully saturated rings. The van der Waals surface area contributed by atoms with Gasteiger partial charge in [-0.3, -0.25) is 19.7 Å². The molecule has 1 aromatic carbocycles. The number of carbonyl (C=O) groups excluding carboxylic acids is 3. The van der Waals surface area contributed by atoms with Gasteiger partial charge in [0.1, 0.15) is 6.04 Å². The Balaban J connectivity index is 1.83. The summed E-state index contributed by atoms with van der Waals surface area (Å²) in [5.41, 5.74) is 8.39. The second-order valence-corrected chi connectivity index (χ2v) is 7.54. The minimum atomic E-state index is -0.577. The molecule has 28 heavy (non-hydrogen) atoms. The molecule has 2 aliphatic heterocycles. The third-order valence-corrected chi connectivity index (χ3v) is 5.56. The Hall–Kier alpha value is -2.41. The summed E-state index contributed by atoms with van der Waals surface area (Å²) < 4.78 is 0. The molecule has 3 amide bonds. The number of nitrogens with one attached hydrogen (secondary N) is 1. The topological polar surface area (TPSA) is 95.7 Å². The summed E-state index contributed by atoms with van der Waals surface area (Å²) in [4.78, 5) is 40.7. The molecule has 0 radical (unpaired) electrons. The Kier molecular flexibility index (Phi) is 6.67. The van der Waals surface area contributed by atoms with Crippen LogP contribution in [-0.4, -0.2) is 48.3 Å². The van der Waals surface area contributed by atoms with Gasteiger partial charge in [-0.1, -0.05) is 19.4 Å². The molecule has 7 heteroatoms. The zero-order chi connectivity index (χ0) is 20.1. The fourth-order valence-electron chi connectivity index (χ4n) is 4.01. The fraction of sp³-hybridized carbons (Fsp3) is 0.571. The van der Waals surface area contributed by atoms with Gasteiger partial charge in [0.15, 0.2) is 0 Å². The van der Waals surface area contributed by atoms with Crippen molar-refractivity contribution >= 4 is 23.4 Å². The summed E-state index contributed by atoms with van der Waals surface area (Å²) in [6, 6.07) is 5.25. The number of benzene rings is 1. The van der Waals surface area contributed by atoms with Gasteiger partial charge in [-0.05, 0) is 44.4 Å². The van der Waals surface area contributed by atoms with Crippen LogP contribution in [0.1, 0.15) is 61.4 Å². The molecule has 0 bridgehead atoms. The standard InChI is InChI=1S/C21H30N4O3/c1-2-3-12-24(13-5-4-11-22)17-8-6-7-15-16(17)14-25(21(15)28)18-9-10-19(26)23-20(18)27/h6-8,18H,2-5,9-14,22H2,1H3,(H,23,26,27). The molecule has 7 nitrogen and oxygen atoms in total. The molecule has 1 atom stereocenters. The van der Waals surface area contributed by atoms with E-state index in [2.05, 4.69) is 23.2 Å². The molecule has 0 aliphatic carbocycles. The van der Waals surface area contributed by atoms with Crippen LogP contribution in [0.15, 0.2) is 18.2 Å². The number of carbonyl (C=O) groups is 3. The van der Waals surface area contributed by atoms with Gasteiger partial charge in [-0.25, -0.2) is 0 Å². The van der Waals surface area contributed by atoms with Crippen LogP contribution in [0.2, 0.25) is 0 Å². The average molecular weight is 386 g/mol. The van der Waals surface area contributed by atoms with Crippen LogP contribution >= 0.6 is 0 Å². The zero-order valence-corrected chi connectivity index (χ0v) is 16.6. The van der Waals surface area contributed by atoms with Crippen molar-refractivity contribution in [2.24, 2.45) is 5.73 Å². The van der Waals surface area contributed by atoms with Gasteiger partial charge in [0, 0.05) is 42.9 Å². The summed E-state index contributed by atoms with van der Waals surface area (Å²) in [6.07, 6.45) is 4.81. The van der Waals surface area contributed by atoms with Gasteiger partial charge in [0.05, 0.1) is 0 Å². The van der Waals surface area contributed by atoms with E-state index in [4.69, 9.17) is 5.73 Å². The largest absolute Gasteiger partial charge is 0.371 e. The maximum Gasteiger partial charge on any atom is 0.255 e. The highest BCUT2D eigenvalue weighted by molar-refractivity contribution is 6.06. The number of nitrogens with two attached hydrogens (primary N) is 1. The fourth-order valence-corrected chi connectivity index (χ4v) is 4.01. The van der Waals surface area contributed by atoms with Crippen LogP contribution < -0.4 is 16.0 Å². The van der Waals surface area contributed by atoms with E-state index in [9.17, 15) is 14.4 Å². The van der Waals surface area contributed by atoms with Gasteiger partial charge in [-0.15, -0.1) is 0 Å². The maximum atomic E-state index is 13.0. The first-order valence-corrected chi connectivity index (χ1v) is 10.3. The molecule has 3 N–H and O–H groups in total. The molecule has 0 spiro atoms. The minimum Gasteiger partial charge on any atom is -0.371 e. The summed E-state index contributed by atoms with van der Waals surface area (Å²) in [6.45, 7) is 5.10. The van der Waals surface area contributed by atoms with Crippen molar-refractivity contribution in [1.82, 2.24) is 10.2 Å². The summed E-state index contributed by atoms with van der Waals surface area (Å²) >= 11 is 0. The van der Waals surface area contributed by atoms with Gasteiger partial charge < -0.3 is 15.5 Å². The Morgan fingerprint density at radius 2 is 1.96 bits per heavy atom. The first kappa shape index (κ1) is 20.3. The second-order valence-electron chi connectivity index (χ2n) is 7.54. The normalized spacial score (nSPS) is 19.0. The van der Waals surface area contributed by atoms with Crippen molar-refractivity contribution in [2.75, 3.05) is 24.5 Å². The van der Waals surface area contributed by atoms with Gasteiger partial charge in [-0.2, -0.15) is 0 Å². The van der Waals surface area contributed by atoms with Crippen LogP contribution in [0.5, 0.6) is 0 Å². The third-order valence-electron chi connectivity index (χ3n) is 5.56. The summed E-state index contributed by atoms with van der Waals surface area (Å²) in [5, 5.41) is 2.36. The van der Waals surface area contributed by atoms with Crippen LogP contribution in [-0.2, 0) is 16.1 Å². The summed E-state index contributed by atoms with van der Waals surface area (Å²) in [5.74, 6) is -0.759. The Morgan fingerprint density at radius 1 is 1.18 bits per heavy atom. The number of anilines is 1. The van der Waals surface area contributed by atoms with Crippen LogP contribution in [0.25, 0.3) is 0 Å². The molecule has 0 aromatic heterocycles. The van der Waals surface area contributed by atoms with Gasteiger partial charge in [0.2, 0.25) is 11.8 Å². The number of hydrogen-bond donors (Lipinski definition) is 2. The lowest BCUT2D eigenvalue weighted by molar-refractivity contribution is -0.136. The van der Waals surface area contributed by atoms with Crippen LogP contribution in [0, 0.1) is 0 Å². The second kappa shape index (κ2) is 9.19. The zero-order valence-electron chi connectivity index (χ0n) is 16.6. The monoisotopic (exact) mass is 386 g/mol. The molecule has 2 aliphatic rings. The van der Waals surface area contributed by atoms with E-state index in [0.29, 0.717) is 25.1 Å². The number of unbranched alkanes of at least 4 members (excludes halogenated alkanes) is 2. The van der Waals surface area contributed by atoms with Crippen molar-refractivity contribution in [2.45, 2.75) is 58.0 Å². The van der Waals surface area contributed by atoms with Crippen molar-refractivity contribution < 1.29 is 14.4 Å². The number of fused-ring (bicyclic) bond motifs is 1. The highest BCUT2D eigenvalue weighted by Crippen LogP contribution is 2.34. The molecular weight excluding hydrogens is 356 g/mol. The number of nitrogens with zero attached hydrogens (tertiary/aromatic N) is 2. The molecule has 3 rings (SSSR count). The van der Waals surface area contributed by atoms with E-state index in [-0.39, 0.29) is 24.1 Å². The van der Waals surface area contributed by atoms with Crippen LogP contribution in [0.4, 0.5) is 5.69 Å². The number of imide groups is 1. The predicted molar refractivity (Wildman–Crippen MR) is 108 cm³/mol. The molecule has 0 saturated carbocycles. The number of amides is 3. The first-order valence-electron chi connectivity index (χ1n) is 10.3. The smallest absolute Gasteiger partial charge is 0.255 e. The molecular formula is C21H30N4O3. The maximum absolute atomic E-state index is 13.0. The predicted octanol–water partition coefficient (Wildman–Crippen LogP) is 1.79. The number of hydrogen-bond acceptors (Lipinski definition) is 5. The Morgan fingerprint density at radius 3 is 2.68 bits per heavy atom. The molecule has 1 unspecified atom stereocenters. The van der Waals surface area contributed by atoms with E-state index >= 15 is 0 Å². The van der Waals surface area contributed by atoms with Crippen molar-refractivity contribution in [1.29, 1.82) is 0 Å². The Bertz CT molecular complexity index is 749. The lowest BCUT2D eigenvalue weighted by Gasteiger charge is -2.30. The van der Waals surface area contributed by atoms with Crippen molar-refractivity contribution in [3.05, 3.63) is 29.3 Å². The van der Waals surface area contributed by atoms with E-state index in [1.54, 1.807) is 4.90 Å². The molecule has 1 aromatic rings. The van der Waals surface area contributed by atoms with E-state index in [0.717, 1.165) is 50.0 Å². The Labute approximate surface area is 166 Å². The van der Waals surface area contributed by atoms with E-state index in [1.807, 2.05) is 12.1 Å². The first-order chi connectivity index (χ1) is 13.6. The SMILES string of the molecule is CCCCN(CCCCN)c1cccc2c1CN(C1CCC(=O)NC1=O)C2=O. The molecule has 152 valence electrons. The van der Waals surface area contributed by atoms with Crippen LogP contribution in [0.3, 0.4) is 0 Å². The van der Waals surface area contributed by atoms with E-state index in [1.165, 1.54) is 0 Å². The lowest BCUT2D eigenvalue weighted by atomic mass is 10.0. The molecule has 1 saturated heterocycles. The number of piperidine rings is 1. The highest BCUT2D eigenvalue weighted by atomic mass is 16.2. The number of rotatable bonds is 9. The summed E-state index contributed by atoms with van der Waals surface area (Å²) in [7, 11) is 0. The third kappa shape index (κ3) is 4.19. The van der Waals surface area contributed by atoms with Gasteiger partial charge >= 0.3 is 0 Å². The quantitative estimate of drug-likeness (QED) is 0.498. The van der Waals surface area contributed by atoms with Crippen molar-refractivity contribution in [3.63, 3.8) is 0 Å². The average Bonchev–Trinajstić information content (AvgIpc) is 3.01. The van der Waals surface area contributed by atoms with Crippen molar-refractivity contribution in [3.8, 4) is 0 Å². The molecule has 2 heterocycles. The lowest BCUT2D eigenvalue weighted by Crippen LogP contribution is -2.52. The highest BCUT2D eigenvalue weighted by Gasteiger charge is 2.40. The van der Waals surface area contributed by atoms with Gasteiger partial charge in [0.25, 0.3) is 5.91 Å². The van der Waals surface area contributed by atoms with E-state index < -0.39 is 6.04 Å². The minimum absolute atomic E-state index is 0.122.